The summed E-state index contributed by atoms with van der Waals surface area (Å²) in [7, 11) is -3.02. The Balaban J connectivity index is 1.73. The van der Waals surface area contributed by atoms with Crippen molar-refractivity contribution >= 4 is 37.9 Å². The Morgan fingerprint density at radius 2 is 1.32 bits per heavy atom. The third-order valence-corrected chi connectivity index (χ3v) is 14.4. The Bertz CT molecular complexity index is 2120. The van der Waals surface area contributed by atoms with Gasteiger partial charge in [0.1, 0.15) is 32.0 Å². The lowest BCUT2D eigenvalue weighted by Gasteiger charge is -2.42. The van der Waals surface area contributed by atoms with Gasteiger partial charge in [0.2, 0.25) is 5.91 Å². The Morgan fingerprint density at radius 3 is 1.83 bits per heavy atom. The molecule has 3 aromatic carbocycles. The predicted octanol–water partition coefficient (Wildman–Crippen LogP) is 7.83. The summed E-state index contributed by atoms with van der Waals surface area (Å²) in [4.78, 5) is 68.0. The largest absolute Gasteiger partial charge is 0.460 e. The van der Waals surface area contributed by atoms with E-state index in [1.807, 2.05) is 0 Å². The Labute approximate surface area is 342 Å². The Morgan fingerprint density at radius 1 is 0.797 bits per heavy atom. The van der Waals surface area contributed by atoms with Crippen LogP contribution >= 0.6 is 0 Å². The molecule has 12 nitrogen and oxygen atoms in total. The smallest absolute Gasteiger partial charge is 0.415 e. The normalized spacial score (nSPS) is 12.9. The number of hydrogen-bond acceptors (Lipinski definition) is 8. The van der Waals surface area contributed by atoms with Crippen molar-refractivity contribution in [1.82, 2.24) is 15.2 Å². The molecule has 3 N–H and O–H groups in total. The second kappa shape index (κ2) is 19.8. The molecule has 0 fully saturated rings. The zero-order valence-corrected chi connectivity index (χ0v) is 35.1. The molecule has 316 valence electrons. The van der Waals surface area contributed by atoms with Crippen LogP contribution in [0.1, 0.15) is 56.1 Å². The summed E-state index contributed by atoms with van der Waals surface area (Å²) in [5, 5.41) is 6.64. The number of nitrogens with zero attached hydrogens (tertiary/aromatic N) is 1. The van der Waals surface area contributed by atoms with Crippen molar-refractivity contribution < 1.29 is 46.2 Å². The molecular formula is C43H51F3N4O8Si. The zero-order chi connectivity index (χ0) is 43.5. The second-order valence-electron chi connectivity index (χ2n) is 15.8. The molecule has 1 aromatic heterocycles. The number of benzene rings is 3. The molecule has 4 aromatic rings. The molecule has 0 aliphatic carbocycles. The highest BCUT2D eigenvalue weighted by molar-refractivity contribution is 6.74. The first kappa shape index (κ1) is 46.0. The number of carbonyl (C=O) groups is 4. The first-order chi connectivity index (χ1) is 27.7. The van der Waals surface area contributed by atoms with E-state index >= 15 is 0 Å². The van der Waals surface area contributed by atoms with Gasteiger partial charge >= 0.3 is 18.2 Å². The van der Waals surface area contributed by atoms with Crippen LogP contribution in [-0.4, -0.2) is 61.6 Å². The van der Waals surface area contributed by atoms with Gasteiger partial charge in [-0.15, -0.1) is 0 Å². The van der Waals surface area contributed by atoms with E-state index < -0.39 is 91.4 Å². The van der Waals surface area contributed by atoms with Crippen LogP contribution in [0.25, 0.3) is 11.3 Å². The van der Waals surface area contributed by atoms with Crippen LogP contribution in [0.3, 0.4) is 0 Å². The van der Waals surface area contributed by atoms with Gasteiger partial charge in [-0.1, -0.05) is 126 Å². The number of ether oxygens (including phenoxy) is 2. The predicted molar refractivity (Wildman–Crippen MR) is 220 cm³/mol. The number of anilines is 1. The van der Waals surface area contributed by atoms with Gasteiger partial charge in [0.25, 0.3) is 11.5 Å². The fourth-order valence-corrected chi connectivity index (χ4v) is 6.92. The third-order valence-electron chi connectivity index (χ3n) is 9.91. The number of alkyl halides is 3. The van der Waals surface area contributed by atoms with Crippen molar-refractivity contribution in [1.29, 1.82) is 0 Å². The molecule has 0 radical (unpaired) electrons. The van der Waals surface area contributed by atoms with Crippen LogP contribution in [0.15, 0.2) is 102 Å². The topological polar surface area (TPSA) is 154 Å². The quantitative estimate of drug-likeness (QED) is 0.0763. The van der Waals surface area contributed by atoms with Crippen molar-refractivity contribution in [3.8, 4) is 11.3 Å². The minimum absolute atomic E-state index is 0.0109. The van der Waals surface area contributed by atoms with Crippen molar-refractivity contribution in [2.24, 2.45) is 5.92 Å². The summed E-state index contributed by atoms with van der Waals surface area (Å²) in [5.41, 5.74) is -0.361. The third kappa shape index (κ3) is 12.9. The number of pyridine rings is 1. The lowest BCUT2D eigenvalue weighted by atomic mass is 9.98. The average Bonchev–Trinajstić information content (AvgIpc) is 3.18. The van der Waals surface area contributed by atoms with Crippen LogP contribution in [0, 0.1) is 5.92 Å². The SMILES string of the molecule is CC(C)C(NC(=O)Cn1c(-c2ccccc2)cc(C(=O)NCC(=O)OCc2ccccc2)c(NC(=O)OCc2ccccc2)c1=O)C(O[Si](C)(C)C(C)(C)C)C(F)(F)F. The van der Waals surface area contributed by atoms with Crippen LogP contribution in [0.5, 0.6) is 0 Å². The maximum Gasteiger partial charge on any atom is 0.415 e. The monoisotopic (exact) mass is 836 g/mol. The van der Waals surface area contributed by atoms with Crippen molar-refractivity contribution in [2.45, 2.75) is 90.8 Å². The highest BCUT2D eigenvalue weighted by Crippen LogP contribution is 2.41. The van der Waals surface area contributed by atoms with Crippen molar-refractivity contribution in [3.05, 3.63) is 124 Å². The van der Waals surface area contributed by atoms with Crippen LogP contribution in [-0.2, 0) is 43.2 Å². The summed E-state index contributed by atoms with van der Waals surface area (Å²) in [6.07, 6.45) is -8.34. The molecule has 2 unspecified atom stereocenters. The van der Waals surface area contributed by atoms with Gasteiger partial charge in [0.15, 0.2) is 14.4 Å². The molecule has 16 heteroatoms. The van der Waals surface area contributed by atoms with E-state index in [-0.39, 0.29) is 18.9 Å². The fraction of sp³-hybridized carbons (Fsp3) is 0.372. The molecule has 3 amide bonds. The zero-order valence-electron chi connectivity index (χ0n) is 34.1. The average molecular weight is 837 g/mol. The van der Waals surface area contributed by atoms with Crippen molar-refractivity contribution in [2.75, 3.05) is 11.9 Å². The molecule has 59 heavy (non-hydrogen) atoms. The standard InChI is InChI=1S/C43H51F3N4O8Si/c1-28(2)36(38(43(44,45)46)58-59(6,7)42(3,4)5)48-34(51)25-50-33(31-21-15-10-16-22-31)23-32(39(53)47-24-35(52)56-26-29-17-11-8-12-18-29)37(40(50)54)49-41(55)57-27-30-19-13-9-14-20-30/h8-23,28,36,38H,24-27H2,1-7H3,(H,47,53)(H,48,51)(H,49,55). The number of halogens is 3. The molecule has 2 atom stereocenters. The lowest BCUT2D eigenvalue weighted by Crippen LogP contribution is -2.59. The number of aromatic nitrogens is 1. The van der Waals surface area contributed by atoms with Crippen LogP contribution < -0.4 is 21.5 Å². The highest BCUT2D eigenvalue weighted by atomic mass is 28.4. The van der Waals surface area contributed by atoms with Crippen molar-refractivity contribution in [3.63, 3.8) is 0 Å². The number of nitrogens with one attached hydrogen (secondary N) is 3. The number of esters is 1. The molecule has 1 heterocycles. The molecule has 4 rings (SSSR count). The minimum Gasteiger partial charge on any atom is -0.460 e. The van der Waals surface area contributed by atoms with E-state index in [9.17, 15) is 37.1 Å². The summed E-state index contributed by atoms with van der Waals surface area (Å²) in [5.74, 6) is -3.47. The van der Waals surface area contributed by atoms with Gasteiger partial charge in [-0.05, 0) is 46.8 Å². The molecule has 0 aliphatic rings. The van der Waals surface area contributed by atoms with Gasteiger partial charge in [0, 0.05) is 0 Å². The van der Waals surface area contributed by atoms with Crippen LogP contribution in [0.4, 0.5) is 23.7 Å². The van der Waals surface area contributed by atoms with E-state index in [4.69, 9.17) is 13.9 Å². The van der Waals surface area contributed by atoms with E-state index in [0.717, 1.165) is 4.57 Å². The van der Waals surface area contributed by atoms with E-state index in [0.29, 0.717) is 16.7 Å². The minimum atomic E-state index is -4.86. The molecular weight excluding hydrogens is 786 g/mol. The van der Waals surface area contributed by atoms with Gasteiger partial charge in [-0.3, -0.25) is 29.1 Å². The van der Waals surface area contributed by atoms with E-state index in [2.05, 4.69) is 16.0 Å². The molecule has 0 aliphatic heterocycles. The number of amides is 3. The Hall–Kier alpha value is -5.74. The maximum absolute atomic E-state index is 14.7. The highest BCUT2D eigenvalue weighted by Gasteiger charge is 2.52. The molecule has 0 bridgehead atoms. The lowest BCUT2D eigenvalue weighted by molar-refractivity contribution is -0.210. The number of hydrogen-bond donors (Lipinski definition) is 3. The summed E-state index contributed by atoms with van der Waals surface area (Å²) < 4.78 is 61.7. The van der Waals surface area contributed by atoms with Gasteiger partial charge < -0.3 is 24.5 Å². The number of rotatable bonds is 16. The first-order valence-corrected chi connectivity index (χ1v) is 21.9. The summed E-state index contributed by atoms with van der Waals surface area (Å²) in [6.45, 7) is 10.1. The van der Waals surface area contributed by atoms with Gasteiger partial charge in [0.05, 0.1) is 17.3 Å². The second-order valence-corrected chi connectivity index (χ2v) is 20.5. The summed E-state index contributed by atoms with van der Waals surface area (Å²) >= 11 is 0. The van der Waals surface area contributed by atoms with Gasteiger partial charge in [-0.2, -0.15) is 13.2 Å². The number of carbonyl (C=O) groups excluding carboxylic acids is 4. The van der Waals surface area contributed by atoms with Crippen LogP contribution in [0.2, 0.25) is 18.1 Å². The first-order valence-electron chi connectivity index (χ1n) is 19.0. The van der Waals surface area contributed by atoms with Gasteiger partial charge in [-0.25, -0.2) is 4.79 Å². The fourth-order valence-electron chi connectivity index (χ4n) is 5.65. The van der Waals surface area contributed by atoms with E-state index in [1.165, 1.54) is 19.9 Å². The van der Waals surface area contributed by atoms with E-state index in [1.54, 1.807) is 125 Å². The summed E-state index contributed by atoms with van der Waals surface area (Å²) in [6, 6.07) is 25.3. The molecule has 0 spiro atoms. The maximum atomic E-state index is 14.7. The Kier molecular flexibility index (Phi) is 15.4. The molecule has 0 saturated heterocycles. The molecule has 0 saturated carbocycles.